The predicted octanol–water partition coefficient (Wildman–Crippen LogP) is 0.553. The molecule has 9 nitrogen and oxygen atoms in total. The first-order valence-corrected chi connectivity index (χ1v) is 10.4. The molecule has 31 heavy (non-hydrogen) atoms. The number of nitrogens with one attached hydrogen (secondary N) is 1. The standard InChI is InChI=1S/C22H30N4O5/c1-15(24-20(29)19(28)14-16-7-9-17(27)10-8-16)21(30)26-13-4-3-6-18(26)22(31)25(2)12-5-11-23/h7-10,15,18-19,27-28H,3-6,12-14H2,1-2H3,(H,24,29). The summed E-state index contributed by atoms with van der Waals surface area (Å²) in [4.78, 5) is 41.1. The monoisotopic (exact) mass is 430 g/mol. The minimum atomic E-state index is -1.35. The summed E-state index contributed by atoms with van der Waals surface area (Å²) in [5, 5.41) is 30.8. The van der Waals surface area contributed by atoms with Crippen molar-refractivity contribution in [1.29, 1.82) is 5.26 Å². The van der Waals surface area contributed by atoms with Gasteiger partial charge in [0.2, 0.25) is 17.7 Å². The number of nitriles is 1. The molecular formula is C22H30N4O5. The molecule has 0 bridgehead atoms. The SMILES string of the molecule is CC(NC(=O)C(O)Cc1ccc(O)cc1)C(=O)N1CCCCC1C(=O)N(C)CCC#N. The fourth-order valence-corrected chi connectivity index (χ4v) is 3.60. The summed E-state index contributed by atoms with van der Waals surface area (Å²) in [7, 11) is 1.61. The fourth-order valence-electron chi connectivity index (χ4n) is 3.60. The molecular weight excluding hydrogens is 400 g/mol. The van der Waals surface area contributed by atoms with E-state index in [9.17, 15) is 24.6 Å². The second kappa shape index (κ2) is 11.3. The molecule has 1 aliphatic heterocycles. The Labute approximate surface area is 182 Å². The van der Waals surface area contributed by atoms with Crippen LogP contribution in [0.15, 0.2) is 24.3 Å². The van der Waals surface area contributed by atoms with Crippen molar-refractivity contribution in [2.24, 2.45) is 0 Å². The van der Waals surface area contributed by atoms with Gasteiger partial charge < -0.3 is 25.3 Å². The van der Waals surface area contributed by atoms with Crippen LogP contribution in [0.3, 0.4) is 0 Å². The maximum atomic E-state index is 13.0. The van der Waals surface area contributed by atoms with Crippen LogP contribution in [0.1, 0.15) is 38.2 Å². The van der Waals surface area contributed by atoms with Gasteiger partial charge in [-0.25, -0.2) is 0 Å². The van der Waals surface area contributed by atoms with Crippen molar-refractivity contribution in [2.75, 3.05) is 20.1 Å². The van der Waals surface area contributed by atoms with E-state index in [4.69, 9.17) is 5.26 Å². The number of benzene rings is 1. The molecule has 0 aromatic heterocycles. The largest absolute Gasteiger partial charge is 0.508 e. The molecule has 1 aromatic rings. The lowest BCUT2D eigenvalue weighted by atomic mass is 9.99. The number of rotatable bonds is 8. The number of aromatic hydroxyl groups is 1. The van der Waals surface area contributed by atoms with E-state index in [1.165, 1.54) is 28.9 Å². The molecule has 1 heterocycles. The molecule has 168 valence electrons. The van der Waals surface area contributed by atoms with Crippen LogP contribution in [0.25, 0.3) is 0 Å². The third-order valence-electron chi connectivity index (χ3n) is 5.40. The zero-order valence-electron chi connectivity index (χ0n) is 18.0. The third-order valence-corrected chi connectivity index (χ3v) is 5.40. The smallest absolute Gasteiger partial charge is 0.249 e. The second-order valence-electron chi connectivity index (χ2n) is 7.83. The minimum Gasteiger partial charge on any atom is -0.508 e. The Balaban J connectivity index is 1.97. The van der Waals surface area contributed by atoms with Crippen LogP contribution >= 0.6 is 0 Å². The van der Waals surface area contributed by atoms with Gasteiger partial charge in [-0.2, -0.15) is 5.26 Å². The Morgan fingerprint density at radius 1 is 1.29 bits per heavy atom. The van der Waals surface area contributed by atoms with Crippen LogP contribution in [-0.2, 0) is 20.8 Å². The fraction of sp³-hybridized carbons (Fsp3) is 0.545. The lowest BCUT2D eigenvalue weighted by molar-refractivity contribution is -0.149. The van der Waals surface area contributed by atoms with Gasteiger partial charge in [0.1, 0.15) is 23.9 Å². The van der Waals surface area contributed by atoms with Crippen LogP contribution < -0.4 is 5.32 Å². The number of hydrogen-bond acceptors (Lipinski definition) is 6. The Morgan fingerprint density at radius 2 is 1.97 bits per heavy atom. The van der Waals surface area contributed by atoms with E-state index < -0.39 is 24.1 Å². The molecule has 3 unspecified atom stereocenters. The number of phenolic OH excluding ortho intramolecular Hbond substituents is 1. The van der Waals surface area contributed by atoms with Gasteiger partial charge in [0.05, 0.1) is 12.5 Å². The molecule has 1 aromatic carbocycles. The summed E-state index contributed by atoms with van der Waals surface area (Å²) in [6, 6.07) is 6.62. The average Bonchev–Trinajstić information content (AvgIpc) is 2.77. The van der Waals surface area contributed by atoms with Crippen molar-refractivity contribution in [3.8, 4) is 11.8 Å². The number of hydrogen-bond donors (Lipinski definition) is 3. The number of amides is 3. The zero-order valence-corrected chi connectivity index (χ0v) is 18.0. The molecule has 1 saturated heterocycles. The number of aliphatic hydroxyl groups excluding tert-OH is 1. The second-order valence-corrected chi connectivity index (χ2v) is 7.83. The molecule has 0 aliphatic carbocycles. The first-order chi connectivity index (χ1) is 14.7. The highest BCUT2D eigenvalue weighted by atomic mass is 16.3. The van der Waals surface area contributed by atoms with Crippen LogP contribution in [0, 0.1) is 11.3 Å². The van der Waals surface area contributed by atoms with E-state index in [1.54, 1.807) is 19.2 Å². The first kappa shape index (κ1) is 24.2. The maximum Gasteiger partial charge on any atom is 0.249 e. The summed E-state index contributed by atoms with van der Waals surface area (Å²) in [5.41, 5.74) is 0.668. The van der Waals surface area contributed by atoms with Crippen LogP contribution in [0.5, 0.6) is 5.75 Å². The third kappa shape index (κ3) is 6.69. The quantitative estimate of drug-likeness (QED) is 0.552. The highest BCUT2D eigenvalue weighted by Gasteiger charge is 2.36. The highest BCUT2D eigenvalue weighted by molar-refractivity contribution is 5.92. The normalized spacial score (nSPS) is 17.9. The molecule has 3 N–H and O–H groups in total. The van der Waals surface area contributed by atoms with Crippen molar-refractivity contribution in [2.45, 2.75) is 57.2 Å². The van der Waals surface area contributed by atoms with E-state index in [2.05, 4.69) is 5.32 Å². The molecule has 0 spiro atoms. The Bertz CT molecular complexity index is 820. The lowest BCUT2D eigenvalue weighted by Crippen LogP contribution is -2.57. The molecule has 3 atom stereocenters. The number of phenols is 1. The predicted molar refractivity (Wildman–Crippen MR) is 113 cm³/mol. The number of carbonyl (C=O) groups excluding carboxylic acids is 3. The van der Waals surface area contributed by atoms with E-state index in [-0.39, 0.29) is 30.4 Å². The van der Waals surface area contributed by atoms with Crippen molar-refractivity contribution in [3.05, 3.63) is 29.8 Å². The van der Waals surface area contributed by atoms with Crippen molar-refractivity contribution in [3.63, 3.8) is 0 Å². The maximum absolute atomic E-state index is 13.0. The first-order valence-electron chi connectivity index (χ1n) is 10.4. The number of aliphatic hydroxyl groups is 1. The van der Waals surface area contributed by atoms with Gasteiger partial charge in [-0.1, -0.05) is 12.1 Å². The number of piperidine rings is 1. The zero-order chi connectivity index (χ0) is 23.0. The van der Waals surface area contributed by atoms with Gasteiger partial charge in [-0.15, -0.1) is 0 Å². The Hall–Kier alpha value is -3.12. The van der Waals surface area contributed by atoms with Crippen LogP contribution in [0.4, 0.5) is 0 Å². The van der Waals surface area contributed by atoms with Gasteiger partial charge in [0.25, 0.3) is 0 Å². The summed E-state index contributed by atoms with van der Waals surface area (Å²) in [6.45, 7) is 2.24. The summed E-state index contributed by atoms with van der Waals surface area (Å²) in [5.74, 6) is -1.18. The average molecular weight is 431 g/mol. The summed E-state index contributed by atoms with van der Waals surface area (Å²) in [6.07, 6.45) is 1.03. The molecule has 1 aliphatic rings. The van der Waals surface area contributed by atoms with Crippen LogP contribution in [-0.4, -0.2) is 76.1 Å². The lowest BCUT2D eigenvalue weighted by Gasteiger charge is -2.38. The minimum absolute atomic E-state index is 0.0432. The molecule has 0 radical (unpaired) electrons. The van der Waals surface area contributed by atoms with Crippen LogP contribution in [0.2, 0.25) is 0 Å². The molecule has 3 amide bonds. The highest BCUT2D eigenvalue weighted by Crippen LogP contribution is 2.20. The van der Waals surface area contributed by atoms with Crippen molar-refractivity contribution >= 4 is 17.7 Å². The van der Waals surface area contributed by atoms with Gasteiger partial charge in [-0.05, 0) is 43.9 Å². The molecule has 2 rings (SSSR count). The van der Waals surface area contributed by atoms with E-state index in [1.807, 2.05) is 6.07 Å². The van der Waals surface area contributed by atoms with Crippen molar-refractivity contribution < 1.29 is 24.6 Å². The topological polar surface area (TPSA) is 134 Å². The number of carbonyl (C=O) groups is 3. The van der Waals surface area contributed by atoms with E-state index >= 15 is 0 Å². The summed E-state index contributed by atoms with van der Waals surface area (Å²) < 4.78 is 0. The number of likely N-dealkylation sites (N-methyl/N-ethyl adjacent to an activating group) is 1. The summed E-state index contributed by atoms with van der Waals surface area (Å²) >= 11 is 0. The van der Waals surface area contributed by atoms with Gasteiger partial charge in [-0.3, -0.25) is 14.4 Å². The van der Waals surface area contributed by atoms with Gasteiger partial charge >= 0.3 is 0 Å². The van der Waals surface area contributed by atoms with Gasteiger partial charge in [0, 0.05) is 26.6 Å². The Kier molecular flexibility index (Phi) is 8.82. The number of nitrogens with zero attached hydrogens (tertiary/aromatic N) is 3. The molecule has 0 saturated carbocycles. The molecule has 9 heteroatoms. The molecule has 1 fully saturated rings. The van der Waals surface area contributed by atoms with E-state index in [0.717, 1.165) is 12.8 Å². The number of likely N-dealkylation sites (tertiary alicyclic amines) is 1. The van der Waals surface area contributed by atoms with Gasteiger partial charge in [0.15, 0.2) is 0 Å². The van der Waals surface area contributed by atoms with Crippen molar-refractivity contribution in [1.82, 2.24) is 15.1 Å². The Morgan fingerprint density at radius 3 is 2.61 bits per heavy atom. The van der Waals surface area contributed by atoms with E-state index in [0.29, 0.717) is 25.1 Å².